The fourth-order valence-electron chi connectivity index (χ4n) is 10.9. The van der Waals surface area contributed by atoms with Crippen LogP contribution in [0.15, 0.2) is 291 Å². The van der Waals surface area contributed by atoms with Crippen molar-refractivity contribution in [3.63, 3.8) is 0 Å². The van der Waals surface area contributed by atoms with Gasteiger partial charge in [0.2, 0.25) is 0 Å². The summed E-state index contributed by atoms with van der Waals surface area (Å²) in [6.45, 7) is 4.72. The van der Waals surface area contributed by atoms with Gasteiger partial charge in [-0.3, -0.25) is 0 Å². The first kappa shape index (κ1) is 44.4. The topological polar surface area (TPSA) is 13.0 Å². The van der Waals surface area contributed by atoms with Gasteiger partial charge in [-0.1, -0.05) is 170 Å². The lowest BCUT2D eigenvalue weighted by Gasteiger charge is -2.44. The Balaban J connectivity index is 0.937. The molecule has 2 unspecified atom stereocenters. The molecule has 2 aliphatic rings. The minimum Gasteiger partial charge on any atom is -0.332 e. The normalized spacial score (nSPS) is 17.4. The number of anilines is 8. The second-order valence-corrected chi connectivity index (χ2v) is 19.5. The average Bonchev–Trinajstić information content (AvgIpc) is 3.43. The number of nitrogens with zero attached hydrogens (tertiary/aromatic N) is 4. The van der Waals surface area contributed by atoms with Crippen molar-refractivity contribution in [1.29, 1.82) is 0 Å². The molecule has 0 bridgehead atoms. The van der Waals surface area contributed by atoms with Crippen molar-refractivity contribution in [3.05, 3.63) is 291 Å². The largest absolute Gasteiger partial charge is 0.332 e. The number of allylic oxidation sites excluding steroid dienone is 2. The Morgan fingerprint density at radius 2 is 0.583 bits per heavy atom. The summed E-state index contributed by atoms with van der Waals surface area (Å²) in [4.78, 5) is 9.81. The number of hydrogen-bond acceptors (Lipinski definition) is 4. The van der Waals surface area contributed by atoms with Crippen molar-refractivity contribution in [3.8, 4) is 0 Å². The zero-order chi connectivity index (χ0) is 48.5. The third kappa shape index (κ3) is 8.52. The molecule has 0 saturated heterocycles. The van der Waals surface area contributed by atoms with Crippen LogP contribution in [0.1, 0.15) is 26.7 Å². The van der Waals surface area contributed by atoms with Crippen molar-refractivity contribution in [2.45, 2.75) is 37.8 Å². The fraction of sp³-hybridized carbons (Fsp3) is 0.0882. The van der Waals surface area contributed by atoms with Crippen molar-refractivity contribution in [2.75, 3.05) is 19.6 Å². The number of benzene rings is 10. The zero-order valence-corrected chi connectivity index (χ0v) is 40.8. The van der Waals surface area contributed by atoms with Gasteiger partial charge in [0.15, 0.2) is 0 Å². The maximum atomic E-state index is 2.50. The van der Waals surface area contributed by atoms with Gasteiger partial charge < -0.3 is 19.6 Å². The third-order valence-electron chi connectivity index (χ3n) is 14.6. The lowest BCUT2D eigenvalue weighted by atomic mass is 9.87. The second-order valence-electron chi connectivity index (χ2n) is 19.5. The quantitative estimate of drug-likeness (QED) is 0.121. The van der Waals surface area contributed by atoms with Crippen LogP contribution in [0.3, 0.4) is 0 Å². The first-order valence-electron chi connectivity index (χ1n) is 25.1. The van der Waals surface area contributed by atoms with Crippen LogP contribution in [0, 0.1) is 0 Å². The Morgan fingerprint density at radius 1 is 0.278 bits per heavy atom. The second kappa shape index (κ2) is 18.8. The van der Waals surface area contributed by atoms with Gasteiger partial charge in [-0.25, -0.2) is 0 Å². The van der Waals surface area contributed by atoms with Crippen molar-refractivity contribution >= 4 is 77.8 Å². The van der Waals surface area contributed by atoms with Crippen LogP contribution in [0.5, 0.6) is 0 Å². The molecule has 2 atom stereocenters. The smallest absolute Gasteiger partial charge is 0.0644 e. The molecule has 0 spiro atoms. The molecule has 12 rings (SSSR count). The van der Waals surface area contributed by atoms with Crippen LogP contribution in [0.2, 0.25) is 0 Å². The van der Waals surface area contributed by atoms with E-state index in [4.69, 9.17) is 0 Å². The predicted octanol–water partition coefficient (Wildman–Crippen LogP) is 18.3. The molecule has 72 heavy (non-hydrogen) atoms. The molecule has 0 aromatic heterocycles. The molecule has 4 heteroatoms. The highest BCUT2D eigenvalue weighted by molar-refractivity contribution is 5.91. The van der Waals surface area contributed by atoms with Gasteiger partial charge in [0, 0.05) is 56.9 Å². The van der Waals surface area contributed by atoms with Crippen LogP contribution in [-0.4, -0.2) is 11.1 Å². The highest BCUT2D eigenvalue weighted by Gasteiger charge is 2.36. The van der Waals surface area contributed by atoms with Crippen molar-refractivity contribution in [1.82, 2.24) is 0 Å². The van der Waals surface area contributed by atoms with Gasteiger partial charge in [0.05, 0.1) is 11.1 Å². The van der Waals surface area contributed by atoms with Crippen molar-refractivity contribution < 1.29 is 0 Å². The molecule has 10 aromatic rings. The van der Waals surface area contributed by atoms with Crippen LogP contribution in [0.25, 0.3) is 32.3 Å². The Hall–Kier alpha value is -8.86. The van der Waals surface area contributed by atoms with E-state index in [9.17, 15) is 0 Å². The lowest BCUT2D eigenvalue weighted by Crippen LogP contribution is -2.44. The minimum absolute atomic E-state index is 0.357. The molecular weight excluding hydrogens is 873 g/mol. The Kier molecular flexibility index (Phi) is 11.6. The summed E-state index contributed by atoms with van der Waals surface area (Å²) in [5, 5.41) is 7.37. The predicted molar refractivity (Wildman–Crippen MR) is 307 cm³/mol. The van der Waals surface area contributed by atoms with E-state index in [1.807, 2.05) is 0 Å². The summed E-state index contributed by atoms with van der Waals surface area (Å²) in [7, 11) is 0. The van der Waals surface area contributed by atoms with Gasteiger partial charge in [-0.15, -0.1) is 0 Å². The van der Waals surface area contributed by atoms with E-state index in [-0.39, 0.29) is 11.1 Å². The molecule has 0 radical (unpaired) electrons. The molecule has 348 valence electrons. The monoisotopic (exact) mass is 928 g/mol. The summed E-state index contributed by atoms with van der Waals surface area (Å²) in [6, 6.07) is 87.7. The third-order valence-corrected chi connectivity index (χ3v) is 14.6. The molecule has 0 saturated carbocycles. The maximum absolute atomic E-state index is 2.50. The van der Waals surface area contributed by atoms with E-state index < -0.39 is 0 Å². The molecule has 0 heterocycles. The standard InChI is InChI=1S/C68H56N4/c1-67(71(62-26-8-4-9-27-62)65-34-31-52-19-13-16-22-55(52)49-65)44-40-60(41-45-67)69(58-36-38-59(39-37-58)70(57-24-6-3-7-25-57)64-33-30-51-18-12-15-21-54(51)48-64)61-42-46-68(2,47-43-61)72(63-28-10-5-11-29-63)66-35-32-53-20-14-17-23-56(53)50-66/h3-44,46,48-50H,45,47H2,1-2H3. The highest BCUT2D eigenvalue weighted by Crippen LogP contribution is 2.45. The van der Waals surface area contributed by atoms with E-state index in [1.54, 1.807) is 0 Å². The minimum atomic E-state index is -0.357. The van der Waals surface area contributed by atoms with Crippen LogP contribution in [-0.2, 0) is 0 Å². The van der Waals surface area contributed by atoms with Crippen LogP contribution < -0.4 is 19.6 Å². The Labute approximate surface area is 423 Å². The van der Waals surface area contributed by atoms with E-state index in [1.165, 1.54) is 32.3 Å². The van der Waals surface area contributed by atoms with E-state index in [2.05, 4.69) is 313 Å². The van der Waals surface area contributed by atoms with Gasteiger partial charge in [-0.05, 0) is 168 Å². The molecule has 10 aromatic carbocycles. The number of para-hydroxylation sites is 3. The average molecular weight is 929 g/mol. The SMILES string of the molecule is CC1(N(c2ccccc2)c2ccc3ccccc3c2)C=CC(N(C2=CCC(C)(N(c3ccccc3)c3ccc4ccccc4c3)C=C2)c2ccc(N(c3ccccc3)c3ccc4ccccc4c3)cc2)=CC1. The molecule has 4 nitrogen and oxygen atoms in total. The molecular formula is C68H56N4. The summed E-state index contributed by atoms with van der Waals surface area (Å²) in [5.74, 6) is 0. The molecule has 0 N–H and O–H groups in total. The molecule has 0 aliphatic heterocycles. The van der Waals surface area contributed by atoms with Crippen LogP contribution in [0.4, 0.5) is 45.5 Å². The number of hydrogen-bond donors (Lipinski definition) is 0. The number of rotatable bonds is 12. The maximum Gasteiger partial charge on any atom is 0.0644 e. The Morgan fingerprint density at radius 3 is 0.972 bits per heavy atom. The van der Waals surface area contributed by atoms with Crippen molar-refractivity contribution in [2.24, 2.45) is 0 Å². The molecule has 0 amide bonds. The van der Waals surface area contributed by atoms with E-state index in [0.717, 1.165) is 69.7 Å². The lowest BCUT2D eigenvalue weighted by molar-refractivity contribution is 0.563. The summed E-state index contributed by atoms with van der Waals surface area (Å²) < 4.78 is 0. The summed E-state index contributed by atoms with van der Waals surface area (Å²) in [6.07, 6.45) is 16.0. The highest BCUT2D eigenvalue weighted by atomic mass is 15.2. The Bertz CT molecular complexity index is 3530. The van der Waals surface area contributed by atoms with Gasteiger partial charge >= 0.3 is 0 Å². The van der Waals surface area contributed by atoms with Gasteiger partial charge in [0.1, 0.15) is 0 Å². The molecule has 0 fully saturated rings. The molecule has 2 aliphatic carbocycles. The summed E-state index contributed by atoms with van der Waals surface area (Å²) >= 11 is 0. The first-order chi connectivity index (χ1) is 35.4. The van der Waals surface area contributed by atoms with Gasteiger partial charge in [-0.2, -0.15) is 0 Å². The van der Waals surface area contributed by atoms with E-state index >= 15 is 0 Å². The zero-order valence-electron chi connectivity index (χ0n) is 40.8. The summed E-state index contributed by atoms with van der Waals surface area (Å²) in [5.41, 5.74) is 10.6. The van der Waals surface area contributed by atoms with Gasteiger partial charge in [0.25, 0.3) is 0 Å². The number of fused-ring (bicyclic) bond motifs is 3. The van der Waals surface area contributed by atoms with E-state index in [0.29, 0.717) is 0 Å². The first-order valence-corrected chi connectivity index (χ1v) is 25.1. The van der Waals surface area contributed by atoms with Crippen LogP contribution >= 0.6 is 0 Å². The fourth-order valence-corrected chi connectivity index (χ4v) is 10.9.